The summed E-state index contributed by atoms with van der Waals surface area (Å²) in [5, 5.41) is 5.04. The van der Waals surface area contributed by atoms with E-state index in [4.69, 9.17) is 4.74 Å². The molecule has 0 aliphatic heterocycles. The molecule has 116 valence electrons. The molecule has 0 saturated heterocycles. The number of carbonyl (C=O) groups is 1. The Bertz CT molecular complexity index is 677. The fraction of sp³-hybridized carbons (Fsp3) is 0.389. The largest absolute Gasteiger partial charge is 0.496 e. The molecule has 1 aromatic heterocycles. The van der Waals surface area contributed by atoms with Crippen molar-refractivity contribution in [1.82, 2.24) is 5.32 Å². The van der Waals surface area contributed by atoms with E-state index in [2.05, 4.69) is 12.2 Å². The number of fused-ring (bicyclic) bond motifs is 1. The maximum Gasteiger partial charge on any atom is 0.252 e. The molecule has 1 aliphatic rings. The summed E-state index contributed by atoms with van der Waals surface area (Å²) in [7, 11) is 1.65. The Kier molecular flexibility index (Phi) is 4.48. The van der Waals surface area contributed by atoms with Gasteiger partial charge in [-0.05, 0) is 36.8 Å². The van der Waals surface area contributed by atoms with Crippen LogP contribution in [0.15, 0.2) is 29.6 Å². The zero-order valence-corrected chi connectivity index (χ0v) is 13.8. The Labute approximate surface area is 135 Å². The first kappa shape index (κ1) is 15.1. The van der Waals surface area contributed by atoms with E-state index in [-0.39, 0.29) is 5.91 Å². The van der Waals surface area contributed by atoms with E-state index in [9.17, 15) is 4.79 Å². The number of ether oxygens (including phenoxy) is 1. The third-order valence-corrected chi connectivity index (χ3v) is 5.33. The zero-order valence-electron chi connectivity index (χ0n) is 13.0. The lowest BCUT2D eigenvalue weighted by Gasteiger charge is -2.19. The fourth-order valence-electron chi connectivity index (χ4n) is 2.99. The van der Waals surface area contributed by atoms with Gasteiger partial charge in [-0.15, -0.1) is 11.3 Å². The molecule has 1 aliphatic carbocycles. The highest BCUT2D eigenvalue weighted by molar-refractivity contribution is 7.10. The molecule has 22 heavy (non-hydrogen) atoms. The number of nitrogens with one attached hydrogen (secondary N) is 1. The van der Waals surface area contributed by atoms with E-state index >= 15 is 0 Å². The standard InChI is InChI=1S/C18H21NO2S/c1-12-7-8-14-15(11-22-17(14)9-12)18(20)19-10-13-5-3-4-6-16(13)21-2/h3-6,11-12H,7-10H2,1-2H3,(H,19,20). The highest BCUT2D eigenvalue weighted by atomic mass is 32.1. The molecule has 3 rings (SSSR count). The van der Waals surface area contributed by atoms with Gasteiger partial charge in [-0.3, -0.25) is 4.79 Å². The number of thiophene rings is 1. The van der Waals surface area contributed by atoms with E-state index in [1.807, 2.05) is 29.6 Å². The van der Waals surface area contributed by atoms with Crippen LogP contribution in [0.4, 0.5) is 0 Å². The molecule has 0 fully saturated rings. The van der Waals surface area contributed by atoms with Crippen LogP contribution < -0.4 is 10.1 Å². The number of methoxy groups -OCH3 is 1. The predicted octanol–water partition coefficient (Wildman–Crippen LogP) is 3.81. The first-order valence-electron chi connectivity index (χ1n) is 7.68. The lowest BCUT2D eigenvalue weighted by Crippen LogP contribution is -2.24. The van der Waals surface area contributed by atoms with Crippen LogP contribution in [0, 0.1) is 5.92 Å². The summed E-state index contributed by atoms with van der Waals surface area (Å²) >= 11 is 1.73. The van der Waals surface area contributed by atoms with Crippen molar-refractivity contribution in [2.75, 3.05) is 7.11 Å². The van der Waals surface area contributed by atoms with Crippen molar-refractivity contribution < 1.29 is 9.53 Å². The normalized spacial score (nSPS) is 16.9. The number of benzene rings is 1. The molecule has 1 aromatic carbocycles. The second-order valence-corrected chi connectivity index (χ2v) is 6.86. The van der Waals surface area contributed by atoms with Gasteiger partial charge < -0.3 is 10.1 Å². The van der Waals surface area contributed by atoms with Crippen LogP contribution in [-0.4, -0.2) is 13.0 Å². The summed E-state index contributed by atoms with van der Waals surface area (Å²) in [4.78, 5) is 13.9. The van der Waals surface area contributed by atoms with Crippen LogP contribution in [0.3, 0.4) is 0 Å². The molecule has 4 heteroatoms. The maximum atomic E-state index is 12.5. The van der Waals surface area contributed by atoms with Crippen molar-refractivity contribution in [3.63, 3.8) is 0 Å². The number of hydrogen-bond acceptors (Lipinski definition) is 3. The summed E-state index contributed by atoms with van der Waals surface area (Å²) in [5.74, 6) is 1.57. The van der Waals surface area contributed by atoms with Gasteiger partial charge in [0.05, 0.1) is 12.7 Å². The lowest BCUT2D eigenvalue weighted by molar-refractivity contribution is 0.0950. The average Bonchev–Trinajstić information content (AvgIpc) is 2.95. The molecule has 0 spiro atoms. The third kappa shape index (κ3) is 3.02. The minimum Gasteiger partial charge on any atom is -0.496 e. The molecule has 0 radical (unpaired) electrons. The smallest absolute Gasteiger partial charge is 0.252 e. The van der Waals surface area contributed by atoms with Crippen LogP contribution in [0.1, 0.15) is 39.7 Å². The minimum absolute atomic E-state index is 0.0259. The van der Waals surface area contributed by atoms with Crippen LogP contribution >= 0.6 is 11.3 Å². The molecule has 0 bridgehead atoms. The predicted molar refractivity (Wildman–Crippen MR) is 89.7 cm³/mol. The van der Waals surface area contributed by atoms with E-state index < -0.39 is 0 Å². The van der Waals surface area contributed by atoms with E-state index in [0.29, 0.717) is 6.54 Å². The number of amides is 1. The van der Waals surface area contributed by atoms with Gasteiger partial charge in [-0.25, -0.2) is 0 Å². The molecule has 1 atom stereocenters. The topological polar surface area (TPSA) is 38.3 Å². The molecule has 1 heterocycles. The van der Waals surface area contributed by atoms with Crippen molar-refractivity contribution in [2.45, 2.75) is 32.7 Å². The SMILES string of the molecule is COc1ccccc1CNC(=O)c1csc2c1CCC(C)C2. The van der Waals surface area contributed by atoms with Gasteiger partial charge in [-0.2, -0.15) is 0 Å². The van der Waals surface area contributed by atoms with Gasteiger partial charge in [0.25, 0.3) is 5.91 Å². The van der Waals surface area contributed by atoms with Gasteiger partial charge >= 0.3 is 0 Å². The number of hydrogen-bond donors (Lipinski definition) is 1. The number of carbonyl (C=O) groups excluding carboxylic acids is 1. The molecular weight excluding hydrogens is 294 g/mol. The lowest BCUT2D eigenvalue weighted by atomic mass is 9.88. The molecule has 0 saturated carbocycles. The van der Waals surface area contributed by atoms with Crippen molar-refractivity contribution in [1.29, 1.82) is 0 Å². The van der Waals surface area contributed by atoms with E-state index in [1.165, 1.54) is 16.9 Å². The summed E-state index contributed by atoms with van der Waals surface area (Å²) in [6, 6.07) is 7.78. The zero-order chi connectivity index (χ0) is 15.5. The molecule has 3 nitrogen and oxygen atoms in total. The average molecular weight is 315 g/mol. The third-order valence-electron chi connectivity index (χ3n) is 4.28. The molecular formula is C18H21NO2S. The Morgan fingerprint density at radius 2 is 2.23 bits per heavy atom. The van der Waals surface area contributed by atoms with Crippen LogP contribution in [0.5, 0.6) is 5.75 Å². The van der Waals surface area contributed by atoms with Crippen molar-refractivity contribution in [2.24, 2.45) is 5.92 Å². The summed E-state index contributed by atoms with van der Waals surface area (Å²) in [5.41, 5.74) is 3.12. The Morgan fingerprint density at radius 3 is 3.05 bits per heavy atom. The minimum atomic E-state index is 0.0259. The monoisotopic (exact) mass is 315 g/mol. The van der Waals surface area contributed by atoms with Crippen LogP contribution in [0.25, 0.3) is 0 Å². The molecule has 1 N–H and O–H groups in total. The second kappa shape index (κ2) is 6.53. The van der Waals surface area contributed by atoms with Gasteiger partial charge in [-0.1, -0.05) is 25.1 Å². The number of rotatable bonds is 4. The highest BCUT2D eigenvalue weighted by Crippen LogP contribution is 2.32. The van der Waals surface area contributed by atoms with Crippen LogP contribution in [0.2, 0.25) is 0 Å². The summed E-state index contributed by atoms with van der Waals surface area (Å²) in [6.07, 6.45) is 3.31. The molecule has 1 unspecified atom stereocenters. The van der Waals surface area contributed by atoms with Gasteiger partial charge in [0.15, 0.2) is 0 Å². The molecule has 1 amide bonds. The molecule has 2 aromatic rings. The van der Waals surface area contributed by atoms with Crippen LogP contribution in [-0.2, 0) is 19.4 Å². The van der Waals surface area contributed by atoms with Crippen molar-refractivity contribution >= 4 is 17.2 Å². The van der Waals surface area contributed by atoms with Crippen molar-refractivity contribution in [3.8, 4) is 5.75 Å². The van der Waals surface area contributed by atoms with Crippen molar-refractivity contribution in [3.05, 3.63) is 51.2 Å². The maximum absolute atomic E-state index is 12.5. The Morgan fingerprint density at radius 1 is 1.41 bits per heavy atom. The first-order valence-corrected chi connectivity index (χ1v) is 8.56. The van der Waals surface area contributed by atoms with Gasteiger partial charge in [0, 0.05) is 22.4 Å². The highest BCUT2D eigenvalue weighted by Gasteiger charge is 2.23. The van der Waals surface area contributed by atoms with Gasteiger partial charge in [0.1, 0.15) is 5.75 Å². The summed E-state index contributed by atoms with van der Waals surface area (Å²) in [6.45, 7) is 2.77. The van der Waals surface area contributed by atoms with E-state index in [0.717, 1.165) is 35.6 Å². The fourth-order valence-corrected chi connectivity index (χ4v) is 4.23. The first-order chi connectivity index (χ1) is 10.7. The second-order valence-electron chi connectivity index (χ2n) is 5.89. The van der Waals surface area contributed by atoms with Gasteiger partial charge in [0.2, 0.25) is 0 Å². The Hall–Kier alpha value is -1.81. The van der Waals surface area contributed by atoms with E-state index in [1.54, 1.807) is 18.4 Å². The quantitative estimate of drug-likeness (QED) is 0.931. The number of para-hydroxylation sites is 1. The summed E-state index contributed by atoms with van der Waals surface area (Å²) < 4.78 is 5.32. The Balaban J connectivity index is 1.70.